The molecular weight excluding hydrogens is 370 g/mol. The fourth-order valence-electron chi connectivity index (χ4n) is 3.11. The van der Waals surface area contributed by atoms with Crippen LogP contribution in [0.15, 0.2) is 104 Å². The highest BCUT2D eigenvalue weighted by Crippen LogP contribution is 2.29. The van der Waals surface area contributed by atoms with Gasteiger partial charge < -0.3 is 9.47 Å². The van der Waals surface area contributed by atoms with Crippen LogP contribution in [-0.4, -0.2) is 4.98 Å². The molecule has 0 radical (unpaired) electrons. The first kappa shape index (κ1) is 19.5. The number of rotatable bonds is 8. The molecule has 1 aromatic heterocycles. The van der Waals surface area contributed by atoms with Crippen LogP contribution in [0.1, 0.15) is 16.7 Å². The predicted octanol–water partition coefficient (Wildman–Crippen LogP) is 6.55. The number of ether oxygens (including phenoxy) is 2. The van der Waals surface area contributed by atoms with Crippen LogP contribution in [0.2, 0.25) is 0 Å². The Morgan fingerprint density at radius 2 is 1.33 bits per heavy atom. The molecule has 148 valence electrons. The summed E-state index contributed by atoms with van der Waals surface area (Å²) in [5.74, 6) is 1.40. The maximum atomic E-state index is 6.07. The molecule has 0 N–H and O–H groups in total. The minimum Gasteiger partial charge on any atom is -0.488 e. The quantitative estimate of drug-likeness (QED) is 0.340. The fraction of sp³-hybridized carbons (Fsp3) is 0.0741. The molecular formula is C27H23NO2. The van der Waals surface area contributed by atoms with Gasteiger partial charge in [-0.2, -0.15) is 0 Å². The number of pyridine rings is 1. The lowest BCUT2D eigenvalue weighted by Gasteiger charge is -2.12. The van der Waals surface area contributed by atoms with Crippen molar-refractivity contribution in [2.24, 2.45) is 0 Å². The van der Waals surface area contributed by atoms with Crippen LogP contribution in [0.4, 0.5) is 0 Å². The van der Waals surface area contributed by atoms with Gasteiger partial charge in [0, 0.05) is 23.4 Å². The molecule has 0 bridgehead atoms. The molecule has 3 aromatic carbocycles. The van der Waals surface area contributed by atoms with Crippen molar-refractivity contribution >= 4 is 6.08 Å². The molecule has 1 heterocycles. The molecule has 0 spiro atoms. The highest BCUT2D eigenvalue weighted by molar-refractivity contribution is 5.69. The molecule has 0 aliphatic heterocycles. The normalized spacial score (nSPS) is 10.4. The lowest BCUT2D eigenvalue weighted by molar-refractivity contribution is 0.294. The van der Waals surface area contributed by atoms with Gasteiger partial charge in [-0.25, -0.2) is 4.98 Å². The van der Waals surface area contributed by atoms with Crippen molar-refractivity contribution in [1.82, 2.24) is 4.98 Å². The third kappa shape index (κ3) is 4.95. The van der Waals surface area contributed by atoms with E-state index in [1.54, 1.807) is 0 Å². The third-order valence-corrected chi connectivity index (χ3v) is 4.77. The summed E-state index contributed by atoms with van der Waals surface area (Å²) in [7, 11) is 0. The third-order valence-electron chi connectivity index (χ3n) is 4.77. The first-order valence-corrected chi connectivity index (χ1v) is 9.88. The molecule has 0 aliphatic carbocycles. The lowest BCUT2D eigenvalue weighted by Crippen LogP contribution is -1.98. The Bertz CT molecular complexity index is 1090. The summed E-state index contributed by atoms with van der Waals surface area (Å²) in [6.07, 6.45) is 3.63. The molecule has 0 aliphatic rings. The van der Waals surface area contributed by atoms with Gasteiger partial charge in [0.2, 0.25) is 5.88 Å². The zero-order valence-corrected chi connectivity index (χ0v) is 16.7. The molecule has 30 heavy (non-hydrogen) atoms. The van der Waals surface area contributed by atoms with E-state index in [0.717, 1.165) is 33.6 Å². The molecule has 4 aromatic rings. The summed E-state index contributed by atoms with van der Waals surface area (Å²) in [6, 6.07) is 30.2. The highest BCUT2D eigenvalue weighted by atomic mass is 16.5. The maximum Gasteiger partial charge on any atom is 0.213 e. The Balaban J connectivity index is 1.47. The van der Waals surface area contributed by atoms with Crippen molar-refractivity contribution in [1.29, 1.82) is 0 Å². The summed E-state index contributed by atoms with van der Waals surface area (Å²) in [5, 5.41) is 0. The number of hydrogen-bond donors (Lipinski definition) is 0. The van der Waals surface area contributed by atoms with Crippen LogP contribution < -0.4 is 9.47 Å². The Morgan fingerprint density at radius 1 is 0.700 bits per heavy atom. The second-order valence-electron chi connectivity index (χ2n) is 6.89. The Hall–Kier alpha value is -3.85. The van der Waals surface area contributed by atoms with E-state index in [1.807, 2.05) is 91.1 Å². The second-order valence-corrected chi connectivity index (χ2v) is 6.89. The van der Waals surface area contributed by atoms with Crippen LogP contribution >= 0.6 is 0 Å². The average molecular weight is 393 g/mol. The second kappa shape index (κ2) is 9.57. The standard InChI is InChI=1S/C27H23NO2/c1-2-23-13-14-24(17-26(23)29-19-21-9-5-3-6-10-21)25-15-16-27(28-18-25)30-20-22-11-7-4-8-12-22/h2-18H,1,19-20H2. The summed E-state index contributed by atoms with van der Waals surface area (Å²) in [6.45, 7) is 4.91. The molecule has 3 nitrogen and oxygen atoms in total. The Kier molecular flexibility index (Phi) is 6.21. The van der Waals surface area contributed by atoms with Gasteiger partial charge in [0.15, 0.2) is 0 Å². The minimum absolute atomic E-state index is 0.499. The van der Waals surface area contributed by atoms with Crippen molar-refractivity contribution in [3.8, 4) is 22.8 Å². The van der Waals surface area contributed by atoms with Crippen LogP contribution in [0.5, 0.6) is 11.6 Å². The molecule has 0 unspecified atom stereocenters. The smallest absolute Gasteiger partial charge is 0.213 e. The summed E-state index contributed by atoms with van der Waals surface area (Å²) < 4.78 is 11.9. The van der Waals surface area contributed by atoms with E-state index in [9.17, 15) is 0 Å². The van der Waals surface area contributed by atoms with Gasteiger partial charge in [-0.1, -0.05) is 85.5 Å². The average Bonchev–Trinajstić information content (AvgIpc) is 2.83. The molecule has 0 amide bonds. The van der Waals surface area contributed by atoms with Gasteiger partial charge in [-0.15, -0.1) is 0 Å². The van der Waals surface area contributed by atoms with E-state index in [2.05, 4.69) is 23.7 Å². The largest absolute Gasteiger partial charge is 0.488 e. The molecule has 0 saturated heterocycles. The fourth-order valence-corrected chi connectivity index (χ4v) is 3.11. The van der Waals surface area contributed by atoms with Crippen molar-refractivity contribution < 1.29 is 9.47 Å². The van der Waals surface area contributed by atoms with E-state index in [4.69, 9.17) is 9.47 Å². The molecule has 4 rings (SSSR count). The van der Waals surface area contributed by atoms with Gasteiger partial charge in [0.25, 0.3) is 0 Å². The van der Waals surface area contributed by atoms with Gasteiger partial charge in [-0.05, 0) is 28.8 Å². The van der Waals surface area contributed by atoms with Gasteiger partial charge in [0.1, 0.15) is 19.0 Å². The number of nitrogens with zero attached hydrogens (tertiary/aromatic N) is 1. The lowest BCUT2D eigenvalue weighted by atomic mass is 10.0. The van der Waals surface area contributed by atoms with Crippen LogP contribution in [0.3, 0.4) is 0 Å². The molecule has 0 saturated carbocycles. The zero-order valence-electron chi connectivity index (χ0n) is 16.7. The monoisotopic (exact) mass is 393 g/mol. The number of hydrogen-bond acceptors (Lipinski definition) is 3. The predicted molar refractivity (Wildman–Crippen MR) is 121 cm³/mol. The van der Waals surface area contributed by atoms with Gasteiger partial charge in [-0.3, -0.25) is 0 Å². The topological polar surface area (TPSA) is 31.4 Å². The van der Waals surface area contributed by atoms with Crippen molar-refractivity contribution in [2.45, 2.75) is 13.2 Å². The van der Waals surface area contributed by atoms with Crippen LogP contribution in [0.25, 0.3) is 17.2 Å². The Labute approximate surface area is 177 Å². The molecule has 0 atom stereocenters. The Morgan fingerprint density at radius 3 is 1.93 bits per heavy atom. The minimum atomic E-state index is 0.499. The highest BCUT2D eigenvalue weighted by Gasteiger charge is 2.07. The van der Waals surface area contributed by atoms with Crippen molar-refractivity contribution in [3.05, 3.63) is 120 Å². The van der Waals surface area contributed by atoms with E-state index in [-0.39, 0.29) is 0 Å². The summed E-state index contributed by atoms with van der Waals surface area (Å²) in [5.41, 5.74) is 5.24. The SMILES string of the molecule is C=Cc1ccc(-c2ccc(OCc3ccccc3)nc2)cc1OCc1ccccc1. The van der Waals surface area contributed by atoms with Gasteiger partial charge in [0.05, 0.1) is 0 Å². The van der Waals surface area contributed by atoms with E-state index in [1.165, 1.54) is 0 Å². The first-order valence-electron chi connectivity index (χ1n) is 9.88. The van der Waals surface area contributed by atoms with Crippen LogP contribution in [-0.2, 0) is 13.2 Å². The zero-order chi connectivity index (χ0) is 20.6. The summed E-state index contributed by atoms with van der Waals surface area (Å²) in [4.78, 5) is 4.45. The van der Waals surface area contributed by atoms with E-state index < -0.39 is 0 Å². The van der Waals surface area contributed by atoms with Crippen LogP contribution in [0, 0.1) is 0 Å². The maximum absolute atomic E-state index is 6.07. The van der Waals surface area contributed by atoms with Crippen molar-refractivity contribution in [3.63, 3.8) is 0 Å². The van der Waals surface area contributed by atoms with E-state index in [0.29, 0.717) is 19.1 Å². The molecule has 0 fully saturated rings. The number of benzene rings is 3. The number of aromatic nitrogens is 1. The summed E-state index contributed by atoms with van der Waals surface area (Å²) >= 11 is 0. The van der Waals surface area contributed by atoms with Crippen molar-refractivity contribution in [2.75, 3.05) is 0 Å². The van der Waals surface area contributed by atoms with Gasteiger partial charge >= 0.3 is 0 Å². The first-order chi connectivity index (χ1) is 14.8. The molecule has 3 heteroatoms. The van der Waals surface area contributed by atoms with E-state index >= 15 is 0 Å².